The molecule has 0 N–H and O–H groups in total. The van der Waals surface area contributed by atoms with Gasteiger partial charge in [0.25, 0.3) is 0 Å². The predicted molar refractivity (Wildman–Crippen MR) is 49.7 cm³/mol. The highest BCUT2D eigenvalue weighted by molar-refractivity contribution is 4.77. The Morgan fingerprint density at radius 3 is 2.64 bits per heavy atom. The maximum atomic E-state index is 2.46. The van der Waals surface area contributed by atoms with Gasteiger partial charge in [-0.1, -0.05) is 20.3 Å². The lowest BCUT2D eigenvalue weighted by molar-refractivity contribution is 0.259. The fourth-order valence-corrected chi connectivity index (χ4v) is 1.83. The van der Waals surface area contributed by atoms with Gasteiger partial charge >= 0.3 is 0 Å². The van der Waals surface area contributed by atoms with E-state index in [4.69, 9.17) is 0 Å². The molecule has 1 heteroatoms. The van der Waals surface area contributed by atoms with Gasteiger partial charge in [-0.2, -0.15) is 0 Å². The second-order valence-corrected chi connectivity index (χ2v) is 4.32. The summed E-state index contributed by atoms with van der Waals surface area (Å²) in [7, 11) is 2.24. The maximum absolute atomic E-state index is 2.46. The van der Waals surface area contributed by atoms with Crippen LogP contribution in [-0.2, 0) is 0 Å². The Morgan fingerprint density at radius 2 is 2.00 bits per heavy atom. The van der Waals surface area contributed by atoms with Crippen LogP contribution in [0.25, 0.3) is 0 Å². The van der Waals surface area contributed by atoms with Crippen molar-refractivity contribution in [2.45, 2.75) is 39.5 Å². The Morgan fingerprint density at radius 1 is 1.27 bits per heavy atom. The fraction of sp³-hybridized carbons (Fsp3) is 1.00. The monoisotopic (exact) mass is 155 g/mol. The van der Waals surface area contributed by atoms with Gasteiger partial charge in [-0.15, -0.1) is 0 Å². The van der Waals surface area contributed by atoms with E-state index in [-0.39, 0.29) is 0 Å². The number of rotatable bonds is 1. The Labute approximate surface area is 70.8 Å². The summed E-state index contributed by atoms with van der Waals surface area (Å²) in [6.07, 6.45) is 5.55. The van der Waals surface area contributed by atoms with Crippen LogP contribution in [0.1, 0.15) is 39.5 Å². The van der Waals surface area contributed by atoms with Gasteiger partial charge in [-0.3, -0.25) is 0 Å². The normalized spacial score (nSPS) is 35.2. The van der Waals surface area contributed by atoms with E-state index in [2.05, 4.69) is 25.8 Å². The summed E-state index contributed by atoms with van der Waals surface area (Å²) in [5.41, 5.74) is 0.644. The molecule has 0 saturated carbocycles. The minimum atomic E-state index is 0.644. The van der Waals surface area contributed by atoms with Gasteiger partial charge in [-0.25, -0.2) is 0 Å². The molecule has 1 nitrogen and oxygen atoms in total. The minimum Gasteiger partial charge on any atom is -0.306 e. The van der Waals surface area contributed by atoms with Crippen molar-refractivity contribution in [1.82, 2.24) is 4.90 Å². The van der Waals surface area contributed by atoms with Crippen molar-refractivity contribution >= 4 is 0 Å². The Bertz CT molecular complexity index is 122. The van der Waals surface area contributed by atoms with E-state index >= 15 is 0 Å². The van der Waals surface area contributed by atoms with Crippen molar-refractivity contribution in [1.29, 1.82) is 0 Å². The molecule has 11 heavy (non-hydrogen) atoms. The smallest absolute Gasteiger partial charge is 0.00166 e. The summed E-state index contributed by atoms with van der Waals surface area (Å²) in [6, 6.07) is 0. The lowest BCUT2D eigenvalue weighted by Crippen LogP contribution is -2.21. The Hall–Kier alpha value is -0.0400. The maximum Gasteiger partial charge on any atom is -0.00166 e. The van der Waals surface area contributed by atoms with Crippen LogP contribution in [0.15, 0.2) is 0 Å². The van der Waals surface area contributed by atoms with Gasteiger partial charge in [0.05, 0.1) is 0 Å². The summed E-state index contributed by atoms with van der Waals surface area (Å²) in [5, 5.41) is 0. The topological polar surface area (TPSA) is 3.24 Å². The SMILES string of the molecule is CCC1(C)CCCN(C)CC1. The van der Waals surface area contributed by atoms with Gasteiger partial charge in [-0.05, 0) is 44.8 Å². The molecule has 0 aliphatic carbocycles. The summed E-state index contributed by atoms with van der Waals surface area (Å²) < 4.78 is 0. The summed E-state index contributed by atoms with van der Waals surface area (Å²) in [5.74, 6) is 0. The standard InChI is InChI=1S/C10H21N/c1-4-10(2)6-5-8-11(3)9-7-10/h4-9H2,1-3H3. The average Bonchev–Trinajstić information content (AvgIpc) is 2.15. The molecule has 0 aromatic carbocycles. The minimum absolute atomic E-state index is 0.644. The zero-order chi connectivity index (χ0) is 8.32. The van der Waals surface area contributed by atoms with Gasteiger partial charge in [0, 0.05) is 0 Å². The second-order valence-electron chi connectivity index (χ2n) is 4.32. The van der Waals surface area contributed by atoms with Gasteiger partial charge in [0.1, 0.15) is 0 Å². The molecule has 1 unspecified atom stereocenters. The van der Waals surface area contributed by atoms with Crippen LogP contribution in [0.4, 0.5) is 0 Å². The molecule has 0 bridgehead atoms. The van der Waals surface area contributed by atoms with Crippen molar-refractivity contribution < 1.29 is 0 Å². The molecule has 0 aromatic heterocycles. The third-order valence-corrected chi connectivity index (χ3v) is 3.27. The molecule has 0 amide bonds. The lowest BCUT2D eigenvalue weighted by Gasteiger charge is -2.25. The summed E-state index contributed by atoms with van der Waals surface area (Å²) in [6.45, 7) is 7.36. The zero-order valence-corrected chi connectivity index (χ0v) is 8.19. The van der Waals surface area contributed by atoms with Crippen LogP contribution >= 0.6 is 0 Å². The van der Waals surface area contributed by atoms with Crippen molar-refractivity contribution in [2.24, 2.45) is 5.41 Å². The third-order valence-electron chi connectivity index (χ3n) is 3.27. The highest BCUT2D eigenvalue weighted by atomic mass is 15.1. The first-order chi connectivity index (χ1) is 5.16. The van der Waals surface area contributed by atoms with Crippen LogP contribution in [0.3, 0.4) is 0 Å². The van der Waals surface area contributed by atoms with Gasteiger partial charge < -0.3 is 4.90 Å². The number of likely N-dealkylation sites (tertiary alicyclic amines) is 1. The molecule has 1 saturated heterocycles. The Kier molecular flexibility index (Phi) is 2.94. The molecule has 1 heterocycles. The summed E-state index contributed by atoms with van der Waals surface area (Å²) in [4.78, 5) is 2.46. The van der Waals surface area contributed by atoms with Gasteiger partial charge in [0.2, 0.25) is 0 Å². The molecule has 0 aromatic rings. The third kappa shape index (κ3) is 2.48. The molecule has 1 fully saturated rings. The zero-order valence-electron chi connectivity index (χ0n) is 8.19. The molecule has 1 atom stereocenters. The lowest BCUT2D eigenvalue weighted by atomic mass is 9.80. The van der Waals surface area contributed by atoms with Crippen molar-refractivity contribution in [3.05, 3.63) is 0 Å². The van der Waals surface area contributed by atoms with E-state index in [1.165, 1.54) is 38.8 Å². The van der Waals surface area contributed by atoms with Crippen LogP contribution in [0.5, 0.6) is 0 Å². The van der Waals surface area contributed by atoms with E-state index in [1.807, 2.05) is 0 Å². The highest BCUT2D eigenvalue weighted by Gasteiger charge is 2.24. The quantitative estimate of drug-likeness (QED) is 0.562. The predicted octanol–water partition coefficient (Wildman–Crippen LogP) is 2.52. The highest BCUT2D eigenvalue weighted by Crippen LogP contribution is 2.33. The van der Waals surface area contributed by atoms with Crippen LogP contribution < -0.4 is 0 Å². The molecular formula is C10H21N. The molecule has 1 aliphatic heterocycles. The van der Waals surface area contributed by atoms with Crippen LogP contribution in [0.2, 0.25) is 0 Å². The Balaban J connectivity index is 2.45. The molecule has 1 rings (SSSR count). The largest absolute Gasteiger partial charge is 0.306 e. The van der Waals surface area contributed by atoms with Crippen LogP contribution in [0, 0.1) is 5.41 Å². The molecule has 1 aliphatic rings. The second kappa shape index (κ2) is 3.57. The fourth-order valence-electron chi connectivity index (χ4n) is 1.83. The first-order valence-electron chi connectivity index (χ1n) is 4.85. The summed E-state index contributed by atoms with van der Waals surface area (Å²) >= 11 is 0. The van der Waals surface area contributed by atoms with E-state index in [0.29, 0.717) is 5.41 Å². The molecule has 0 radical (unpaired) electrons. The van der Waals surface area contributed by atoms with Crippen molar-refractivity contribution in [3.8, 4) is 0 Å². The molecular weight excluding hydrogens is 134 g/mol. The number of nitrogens with zero attached hydrogens (tertiary/aromatic N) is 1. The average molecular weight is 155 g/mol. The number of hydrogen-bond acceptors (Lipinski definition) is 1. The van der Waals surface area contributed by atoms with E-state index in [9.17, 15) is 0 Å². The number of hydrogen-bond donors (Lipinski definition) is 0. The van der Waals surface area contributed by atoms with E-state index in [0.717, 1.165) is 0 Å². The van der Waals surface area contributed by atoms with Gasteiger partial charge in [0.15, 0.2) is 0 Å². The van der Waals surface area contributed by atoms with E-state index in [1.54, 1.807) is 0 Å². The first kappa shape index (κ1) is 9.05. The van der Waals surface area contributed by atoms with Crippen molar-refractivity contribution in [2.75, 3.05) is 20.1 Å². The first-order valence-corrected chi connectivity index (χ1v) is 4.85. The van der Waals surface area contributed by atoms with Crippen molar-refractivity contribution in [3.63, 3.8) is 0 Å². The van der Waals surface area contributed by atoms with E-state index < -0.39 is 0 Å². The van der Waals surface area contributed by atoms with Crippen LogP contribution in [-0.4, -0.2) is 25.0 Å². The molecule has 66 valence electrons. The molecule has 0 spiro atoms.